The summed E-state index contributed by atoms with van der Waals surface area (Å²) in [6.45, 7) is 0. The van der Waals surface area contributed by atoms with E-state index in [-0.39, 0.29) is 5.91 Å². The van der Waals surface area contributed by atoms with Crippen molar-refractivity contribution < 1.29 is 9.53 Å². The van der Waals surface area contributed by atoms with Crippen molar-refractivity contribution in [1.82, 2.24) is 0 Å². The topological polar surface area (TPSA) is 62.1 Å². The van der Waals surface area contributed by atoms with Crippen LogP contribution in [-0.2, 0) is 4.79 Å². The second-order valence-corrected chi connectivity index (χ2v) is 6.94. The highest BCUT2D eigenvalue weighted by Crippen LogP contribution is 2.37. The third kappa shape index (κ3) is 4.64. The second-order valence-electron chi connectivity index (χ2n) is 6.94. The summed E-state index contributed by atoms with van der Waals surface area (Å²) in [7, 11) is 1.68. The van der Waals surface area contributed by atoms with Crippen LogP contribution in [0.25, 0.3) is 0 Å². The van der Waals surface area contributed by atoms with Crippen LogP contribution in [0.3, 0.4) is 0 Å². The predicted molar refractivity (Wildman–Crippen MR) is 102 cm³/mol. The number of anilines is 1. The van der Waals surface area contributed by atoms with Gasteiger partial charge in [-0.2, -0.15) is 5.26 Å². The van der Waals surface area contributed by atoms with Crippen LogP contribution < -0.4 is 10.1 Å². The van der Waals surface area contributed by atoms with Crippen molar-refractivity contribution in [1.29, 1.82) is 5.26 Å². The lowest BCUT2D eigenvalue weighted by molar-refractivity contribution is -0.117. The molecule has 0 radical (unpaired) electrons. The van der Waals surface area contributed by atoms with Crippen LogP contribution in [0.5, 0.6) is 5.75 Å². The van der Waals surface area contributed by atoms with Gasteiger partial charge in [-0.3, -0.25) is 4.79 Å². The number of rotatable bonds is 5. The highest BCUT2D eigenvalue weighted by Gasteiger charge is 2.24. The van der Waals surface area contributed by atoms with E-state index < -0.39 is 0 Å². The van der Waals surface area contributed by atoms with Crippen molar-refractivity contribution in [3.8, 4) is 11.8 Å². The molecule has 0 aromatic heterocycles. The average Bonchev–Trinajstić information content (AvgIpc) is 2.69. The molecule has 0 unspecified atom stereocenters. The fourth-order valence-corrected chi connectivity index (χ4v) is 3.72. The van der Waals surface area contributed by atoms with Gasteiger partial charge in [-0.25, -0.2) is 0 Å². The Morgan fingerprint density at radius 3 is 2.54 bits per heavy atom. The first kappa shape index (κ1) is 18.0. The third-order valence-corrected chi connectivity index (χ3v) is 5.18. The molecular formula is C22H24N2O2. The van der Waals surface area contributed by atoms with Crippen LogP contribution >= 0.6 is 0 Å². The highest BCUT2D eigenvalue weighted by atomic mass is 16.5. The van der Waals surface area contributed by atoms with Gasteiger partial charge in [0.2, 0.25) is 5.91 Å². The number of carbonyl (C=O) groups excluding carboxylic acids is 1. The van der Waals surface area contributed by atoms with E-state index >= 15 is 0 Å². The number of nitrogens with one attached hydrogen (secondary N) is 1. The quantitative estimate of drug-likeness (QED) is 0.838. The van der Waals surface area contributed by atoms with Crippen molar-refractivity contribution in [3.63, 3.8) is 0 Å². The Bertz CT molecular complexity index is 785. The highest BCUT2D eigenvalue weighted by molar-refractivity contribution is 5.91. The summed E-state index contributed by atoms with van der Waals surface area (Å²) in [5.41, 5.74) is 2.62. The number of carbonyl (C=O) groups is 1. The summed E-state index contributed by atoms with van der Waals surface area (Å²) in [6, 6.07) is 17.5. The molecule has 0 bridgehead atoms. The van der Waals surface area contributed by atoms with E-state index in [4.69, 9.17) is 10.00 Å². The number of nitrogens with zero attached hydrogens (tertiary/aromatic N) is 1. The molecule has 1 aliphatic carbocycles. The van der Waals surface area contributed by atoms with Gasteiger partial charge in [0.1, 0.15) is 5.75 Å². The van der Waals surface area contributed by atoms with Gasteiger partial charge < -0.3 is 10.1 Å². The first-order valence-corrected chi connectivity index (χ1v) is 9.12. The molecule has 2 aromatic rings. The van der Waals surface area contributed by atoms with Gasteiger partial charge in [0, 0.05) is 12.1 Å². The van der Waals surface area contributed by atoms with Crippen molar-refractivity contribution >= 4 is 11.6 Å². The number of ether oxygens (including phenoxy) is 1. The standard InChI is InChI=1S/C22H24N2O2/c1-26-21-11-9-19(10-12-21)18-7-5-16(6-8-18)14-22(25)24-20-4-2-3-17(13-20)15-23/h2-4,9-13,16,18H,5-8,14H2,1H3,(H,24,25)/t16-,18+. The molecule has 1 fully saturated rings. The molecule has 0 spiro atoms. The number of methoxy groups -OCH3 is 1. The van der Waals surface area contributed by atoms with E-state index in [1.165, 1.54) is 5.56 Å². The summed E-state index contributed by atoms with van der Waals surface area (Å²) in [5.74, 6) is 1.93. The monoisotopic (exact) mass is 348 g/mol. The molecule has 26 heavy (non-hydrogen) atoms. The summed E-state index contributed by atoms with van der Waals surface area (Å²) >= 11 is 0. The molecule has 0 aliphatic heterocycles. The third-order valence-electron chi connectivity index (χ3n) is 5.18. The molecule has 1 amide bonds. The summed E-state index contributed by atoms with van der Waals surface area (Å²) < 4.78 is 5.22. The van der Waals surface area contributed by atoms with Crippen LogP contribution in [0.1, 0.15) is 49.1 Å². The van der Waals surface area contributed by atoms with E-state index in [2.05, 4.69) is 23.5 Å². The Labute approximate surface area is 154 Å². The minimum atomic E-state index is 0.0352. The SMILES string of the molecule is COc1ccc([C@H]2CC[C@@H](CC(=O)Nc3cccc(C#N)c3)CC2)cc1. The molecule has 2 aromatic carbocycles. The Balaban J connectivity index is 1.48. The van der Waals surface area contributed by atoms with E-state index in [0.29, 0.717) is 29.5 Å². The Morgan fingerprint density at radius 1 is 1.15 bits per heavy atom. The van der Waals surface area contributed by atoms with E-state index in [9.17, 15) is 4.79 Å². The zero-order valence-electron chi connectivity index (χ0n) is 15.1. The Morgan fingerprint density at radius 2 is 1.88 bits per heavy atom. The maximum Gasteiger partial charge on any atom is 0.224 e. The molecule has 0 heterocycles. The number of hydrogen-bond acceptors (Lipinski definition) is 3. The van der Waals surface area contributed by atoms with Crippen molar-refractivity contribution in [3.05, 3.63) is 59.7 Å². The minimum absolute atomic E-state index is 0.0352. The Hall–Kier alpha value is -2.80. The first-order valence-electron chi connectivity index (χ1n) is 9.12. The fraction of sp³-hybridized carbons (Fsp3) is 0.364. The number of nitriles is 1. The van der Waals surface area contributed by atoms with Crippen LogP contribution in [0, 0.1) is 17.2 Å². The zero-order chi connectivity index (χ0) is 18.4. The zero-order valence-corrected chi connectivity index (χ0v) is 15.1. The molecule has 0 atom stereocenters. The lowest BCUT2D eigenvalue weighted by Gasteiger charge is -2.28. The smallest absolute Gasteiger partial charge is 0.224 e. The molecule has 1 N–H and O–H groups in total. The minimum Gasteiger partial charge on any atom is -0.497 e. The van der Waals surface area contributed by atoms with Gasteiger partial charge in [0.25, 0.3) is 0 Å². The van der Waals surface area contributed by atoms with Crippen molar-refractivity contribution in [2.75, 3.05) is 12.4 Å². The molecular weight excluding hydrogens is 324 g/mol. The molecule has 0 saturated heterocycles. The Kier molecular flexibility index (Phi) is 5.91. The maximum absolute atomic E-state index is 12.3. The number of hydrogen-bond donors (Lipinski definition) is 1. The number of benzene rings is 2. The first-order chi connectivity index (χ1) is 12.7. The maximum atomic E-state index is 12.3. The summed E-state index contributed by atoms with van der Waals surface area (Å²) in [6.07, 6.45) is 4.93. The molecule has 1 aliphatic rings. The summed E-state index contributed by atoms with van der Waals surface area (Å²) in [5, 5.41) is 11.9. The molecule has 1 saturated carbocycles. The van der Waals surface area contributed by atoms with Crippen LogP contribution in [-0.4, -0.2) is 13.0 Å². The van der Waals surface area contributed by atoms with Crippen LogP contribution in [0.2, 0.25) is 0 Å². The van der Waals surface area contributed by atoms with Crippen LogP contribution in [0.15, 0.2) is 48.5 Å². The largest absolute Gasteiger partial charge is 0.497 e. The van der Waals surface area contributed by atoms with Gasteiger partial charge in [-0.1, -0.05) is 18.2 Å². The van der Waals surface area contributed by atoms with E-state index in [0.717, 1.165) is 31.4 Å². The van der Waals surface area contributed by atoms with Gasteiger partial charge in [0.05, 0.1) is 18.7 Å². The molecule has 4 nitrogen and oxygen atoms in total. The molecule has 4 heteroatoms. The van der Waals surface area contributed by atoms with Gasteiger partial charge >= 0.3 is 0 Å². The number of amides is 1. The predicted octanol–water partition coefficient (Wildman–Crippen LogP) is 4.87. The average molecular weight is 348 g/mol. The summed E-state index contributed by atoms with van der Waals surface area (Å²) in [4.78, 5) is 12.3. The normalized spacial score (nSPS) is 19.4. The van der Waals surface area contributed by atoms with Gasteiger partial charge in [-0.15, -0.1) is 0 Å². The molecule has 134 valence electrons. The second kappa shape index (κ2) is 8.53. The molecule has 3 rings (SSSR count). The fourth-order valence-electron chi connectivity index (χ4n) is 3.72. The lowest BCUT2D eigenvalue weighted by atomic mass is 9.77. The van der Waals surface area contributed by atoms with Gasteiger partial charge in [-0.05, 0) is 73.4 Å². The van der Waals surface area contributed by atoms with E-state index in [1.807, 2.05) is 18.2 Å². The lowest BCUT2D eigenvalue weighted by Crippen LogP contribution is -2.20. The van der Waals surface area contributed by atoms with E-state index in [1.54, 1.807) is 25.3 Å². The van der Waals surface area contributed by atoms with Crippen LogP contribution in [0.4, 0.5) is 5.69 Å². The van der Waals surface area contributed by atoms with Crippen molar-refractivity contribution in [2.45, 2.75) is 38.0 Å². The van der Waals surface area contributed by atoms with Crippen molar-refractivity contribution in [2.24, 2.45) is 5.92 Å². The van der Waals surface area contributed by atoms with Gasteiger partial charge in [0.15, 0.2) is 0 Å².